The summed E-state index contributed by atoms with van der Waals surface area (Å²) < 4.78 is 42.1. The van der Waals surface area contributed by atoms with Gasteiger partial charge in [-0.1, -0.05) is 17.3 Å². The molecule has 0 spiro atoms. The molecule has 0 aliphatic rings. The molecule has 1 N–H and O–H groups in total. The number of anilines is 1. The van der Waals surface area contributed by atoms with Crippen molar-refractivity contribution in [1.82, 2.24) is 15.1 Å². The van der Waals surface area contributed by atoms with Gasteiger partial charge in [0.1, 0.15) is 5.82 Å². The molecule has 0 aliphatic carbocycles. The van der Waals surface area contributed by atoms with Crippen LogP contribution in [0.2, 0.25) is 0 Å². The Morgan fingerprint density at radius 1 is 1.12 bits per heavy atom. The van der Waals surface area contributed by atoms with E-state index in [9.17, 15) is 13.2 Å². The van der Waals surface area contributed by atoms with E-state index in [0.29, 0.717) is 34.2 Å². The fraction of sp³-hybridized carbons (Fsp3) is 0.235. The number of hydrogen-bond acceptors (Lipinski definition) is 5. The first kappa shape index (κ1) is 16.9. The molecule has 0 bridgehead atoms. The molecule has 5 nitrogen and oxygen atoms in total. The molecule has 0 saturated carbocycles. The highest BCUT2D eigenvalue weighted by Crippen LogP contribution is 2.27. The molecule has 2 heterocycles. The van der Waals surface area contributed by atoms with E-state index in [4.69, 9.17) is 4.52 Å². The summed E-state index contributed by atoms with van der Waals surface area (Å²) in [6.07, 6.45) is -3.41. The molecule has 3 aromatic rings. The Morgan fingerprint density at radius 2 is 1.88 bits per heavy atom. The average Bonchev–Trinajstić information content (AvgIpc) is 3.09. The fourth-order valence-corrected chi connectivity index (χ4v) is 2.34. The van der Waals surface area contributed by atoms with Crippen LogP contribution in [0.4, 0.5) is 19.0 Å². The Hall–Kier alpha value is -2.90. The Labute approximate surface area is 141 Å². The second-order valence-corrected chi connectivity index (χ2v) is 5.38. The van der Waals surface area contributed by atoms with Crippen molar-refractivity contribution in [3.8, 4) is 22.8 Å². The maximum absolute atomic E-state index is 12.3. The van der Waals surface area contributed by atoms with Crippen molar-refractivity contribution in [3.05, 3.63) is 48.2 Å². The Bertz CT molecular complexity index is 844. The first-order valence-electron chi connectivity index (χ1n) is 7.59. The summed E-state index contributed by atoms with van der Waals surface area (Å²) in [6.45, 7) is 0. The van der Waals surface area contributed by atoms with Crippen LogP contribution in [0.5, 0.6) is 0 Å². The number of nitrogens with zero attached hydrogens (tertiary/aromatic N) is 3. The van der Waals surface area contributed by atoms with E-state index in [-0.39, 0.29) is 6.42 Å². The third-order valence-electron chi connectivity index (χ3n) is 3.61. The maximum atomic E-state index is 12.3. The van der Waals surface area contributed by atoms with Gasteiger partial charge in [0, 0.05) is 25.2 Å². The van der Waals surface area contributed by atoms with Gasteiger partial charge in [-0.05, 0) is 36.2 Å². The third-order valence-corrected chi connectivity index (χ3v) is 3.61. The lowest BCUT2D eigenvalue weighted by molar-refractivity contribution is -0.133. The van der Waals surface area contributed by atoms with Gasteiger partial charge in [0.15, 0.2) is 0 Å². The standard InChI is InChI=1S/C17H15F3N4O/c1-21-14-13(3-2-10-22-14)15-23-16(25-24-15)12-6-4-11(5-7-12)8-9-17(18,19)20/h2-7,10H,8-9H2,1H3,(H,21,22). The van der Waals surface area contributed by atoms with Gasteiger partial charge in [-0.3, -0.25) is 0 Å². The van der Waals surface area contributed by atoms with Gasteiger partial charge < -0.3 is 9.84 Å². The van der Waals surface area contributed by atoms with E-state index in [1.54, 1.807) is 43.6 Å². The number of nitrogens with one attached hydrogen (secondary N) is 1. The highest BCUT2D eigenvalue weighted by atomic mass is 19.4. The normalized spacial score (nSPS) is 11.5. The lowest BCUT2D eigenvalue weighted by Crippen LogP contribution is -2.08. The van der Waals surface area contributed by atoms with Crippen LogP contribution in [0, 0.1) is 0 Å². The molecule has 0 saturated heterocycles. The molecule has 1 aromatic carbocycles. The zero-order valence-corrected chi connectivity index (χ0v) is 13.3. The van der Waals surface area contributed by atoms with Crippen LogP contribution in [-0.2, 0) is 6.42 Å². The molecular formula is C17H15F3N4O. The lowest BCUT2D eigenvalue weighted by atomic mass is 10.1. The van der Waals surface area contributed by atoms with Gasteiger partial charge in [0.2, 0.25) is 5.82 Å². The number of hydrogen-bond donors (Lipinski definition) is 1. The molecule has 8 heteroatoms. The summed E-state index contributed by atoms with van der Waals surface area (Å²) in [6, 6.07) is 10.2. The van der Waals surface area contributed by atoms with E-state index in [2.05, 4.69) is 20.4 Å². The molecule has 0 radical (unpaired) electrons. The van der Waals surface area contributed by atoms with Crippen LogP contribution in [0.1, 0.15) is 12.0 Å². The SMILES string of the molecule is CNc1ncccc1-c1noc(-c2ccc(CCC(F)(F)F)cc2)n1. The van der Waals surface area contributed by atoms with Crippen molar-refractivity contribution in [2.45, 2.75) is 19.0 Å². The number of alkyl halides is 3. The monoisotopic (exact) mass is 348 g/mol. The number of rotatable bonds is 5. The Kier molecular flexibility index (Phi) is 4.69. The van der Waals surface area contributed by atoms with Crippen molar-refractivity contribution < 1.29 is 17.7 Å². The molecule has 0 atom stereocenters. The summed E-state index contributed by atoms with van der Waals surface area (Å²) >= 11 is 0. The van der Waals surface area contributed by atoms with Gasteiger partial charge in [-0.25, -0.2) is 4.98 Å². The van der Waals surface area contributed by atoms with Crippen LogP contribution >= 0.6 is 0 Å². The maximum Gasteiger partial charge on any atom is 0.389 e. The van der Waals surface area contributed by atoms with Gasteiger partial charge in [0.05, 0.1) is 5.56 Å². The van der Waals surface area contributed by atoms with Crippen molar-refractivity contribution >= 4 is 5.82 Å². The summed E-state index contributed by atoms with van der Waals surface area (Å²) in [4.78, 5) is 8.52. The minimum Gasteiger partial charge on any atom is -0.373 e. The molecule has 2 aromatic heterocycles. The van der Waals surface area contributed by atoms with Crippen LogP contribution in [0.15, 0.2) is 47.1 Å². The smallest absolute Gasteiger partial charge is 0.373 e. The van der Waals surface area contributed by atoms with Crippen molar-refractivity contribution in [2.24, 2.45) is 0 Å². The average molecular weight is 348 g/mol. The number of pyridine rings is 1. The van der Waals surface area contributed by atoms with Gasteiger partial charge in [-0.2, -0.15) is 18.2 Å². The van der Waals surface area contributed by atoms with Crippen LogP contribution < -0.4 is 5.32 Å². The van der Waals surface area contributed by atoms with Gasteiger partial charge in [0.25, 0.3) is 5.89 Å². The summed E-state index contributed by atoms with van der Waals surface area (Å²) in [5, 5.41) is 6.90. The molecule has 0 aliphatic heterocycles. The first-order valence-corrected chi connectivity index (χ1v) is 7.59. The molecule has 0 fully saturated rings. The lowest BCUT2D eigenvalue weighted by Gasteiger charge is -2.06. The minimum atomic E-state index is -4.16. The largest absolute Gasteiger partial charge is 0.389 e. The second kappa shape index (κ2) is 6.92. The number of halogens is 3. The van der Waals surface area contributed by atoms with E-state index in [0.717, 1.165) is 0 Å². The second-order valence-electron chi connectivity index (χ2n) is 5.38. The number of aromatic nitrogens is 3. The van der Waals surface area contributed by atoms with Gasteiger partial charge >= 0.3 is 6.18 Å². The molecular weight excluding hydrogens is 333 g/mol. The molecule has 0 amide bonds. The predicted octanol–water partition coefficient (Wildman–Crippen LogP) is 4.34. The van der Waals surface area contributed by atoms with E-state index in [1.807, 2.05) is 6.07 Å². The highest BCUT2D eigenvalue weighted by Gasteiger charge is 2.26. The van der Waals surface area contributed by atoms with Gasteiger partial charge in [-0.15, -0.1) is 0 Å². The molecule has 130 valence electrons. The van der Waals surface area contributed by atoms with Crippen molar-refractivity contribution in [2.75, 3.05) is 12.4 Å². The van der Waals surface area contributed by atoms with Crippen LogP contribution in [0.25, 0.3) is 22.8 Å². The summed E-state index contributed by atoms with van der Waals surface area (Å²) in [7, 11) is 1.74. The number of benzene rings is 1. The Morgan fingerprint density at radius 3 is 2.56 bits per heavy atom. The van der Waals surface area contributed by atoms with E-state index in [1.165, 1.54) is 0 Å². The quantitative estimate of drug-likeness (QED) is 0.743. The topological polar surface area (TPSA) is 63.8 Å². The molecule has 25 heavy (non-hydrogen) atoms. The molecule has 0 unspecified atom stereocenters. The van der Waals surface area contributed by atoms with Crippen molar-refractivity contribution in [1.29, 1.82) is 0 Å². The third kappa shape index (κ3) is 4.14. The summed E-state index contributed by atoms with van der Waals surface area (Å²) in [5.74, 6) is 1.30. The van der Waals surface area contributed by atoms with Crippen molar-refractivity contribution in [3.63, 3.8) is 0 Å². The molecule has 3 rings (SSSR count). The minimum absolute atomic E-state index is 0.0555. The van der Waals surface area contributed by atoms with E-state index >= 15 is 0 Å². The number of aryl methyl sites for hydroxylation is 1. The zero-order chi connectivity index (χ0) is 17.9. The van der Waals surface area contributed by atoms with Crippen LogP contribution in [-0.4, -0.2) is 28.3 Å². The van der Waals surface area contributed by atoms with Crippen LogP contribution in [0.3, 0.4) is 0 Å². The summed E-state index contributed by atoms with van der Waals surface area (Å²) in [5.41, 5.74) is 1.94. The first-order chi connectivity index (χ1) is 12.0. The predicted molar refractivity (Wildman–Crippen MR) is 86.9 cm³/mol. The van der Waals surface area contributed by atoms with E-state index < -0.39 is 12.6 Å². The zero-order valence-electron chi connectivity index (χ0n) is 13.3. The highest BCUT2D eigenvalue weighted by molar-refractivity contribution is 5.70. The fourth-order valence-electron chi connectivity index (χ4n) is 2.34. The Balaban J connectivity index is 1.78.